The van der Waals surface area contributed by atoms with Crippen LogP contribution in [0.15, 0.2) is 42.5 Å². The predicted molar refractivity (Wildman–Crippen MR) is 108 cm³/mol. The summed E-state index contributed by atoms with van der Waals surface area (Å²) in [6.07, 6.45) is 0.988. The highest BCUT2D eigenvalue weighted by Gasteiger charge is 2.20. The van der Waals surface area contributed by atoms with Gasteiger partial charge in [0, 0.05) is 42.6 Å². The summed E-state index contributed by atoms with van der Waals surface area (Å²) in [7, 11) is -3.56. The summed E-state index contributed by atoms with van der Waals surface area (Å²) in [6.45, 7) is 2.97. The van der Waals surface area contributed by atoms with Crippen LogP contribution in [0.25, 0.3) is 0 Å². The number of benzene rings is 2. The van der Waals surface area contributed by atoms with E-state index in [4.69, 9.17) is 11.6 Å². The van der Waals surface area contributed by atoms with Gasteiger partial charge in [-0.3, -0.25) is 4.72 Å². The minimum atomic E-state index is -3.56. The maximum Gasteiger partial charge on any atom is 0.337 e. The number of carbonyl (C=O) groups is 1. The first-order valence-corrected chi connectivity index (χ1v) is 10.6. The van der Waals surface area contributed by atoms with E-state index in [-0.39, 0.29) is 11.3 Å². The molecule has 9 heteroatoms. The second kappa shape index (κ2) is 7.66. The maximum atomic E-state index is 11.5. The van der Waals surface area contributed by atoms with E-state index in [2.05, 4.69) is 14.5 Å². The zero-order valence-corrected chi connectivity index (χ0v) is 16.3. The van der Waals surface area contributed by atoms with Crippen molar-refractivity contribution in [3.63, 3.8) is 0 Å². The largest absolute Gasteiger partial charge is 0.478 e. The molecule has 7 nitrogen and oxygen atoms in total. The van der Waals surface area contributed by atoms with Crippen molar-refractivity contribution in [1.82, 2.24) is 0 Å². The molecular weight excluding hydrogens is 390 g/mol. The lowest BCUT2D eigenvalue weighted by atomic mass is 10.1. The highest BCUT2D eigenvalue weighted by molar-refractivity contribution is 7.92. The summed E-state index contributed by atoms with van der Waals surface area (Å²) in [5, 5.41) is 10.1. The Hall–Kier alpha value is -2.45. The molecule has 1 aliphatic rings. The topological polar surface area (TPSA) is 90.0 Å². The Balaban J connectivity index is 1.76. The first kappa shape index (κ1) is 19.3. The van der Waals surface area contributed by atoms with Crippen LogP contribution in [0.4, 0.5) is 17.1 Å². The average Bonchev–Trinajstić information content (AvgIpc) is 2.61. The second-order valence-electron chi connectivity index (χ2n) is 6.36. The Bertz CT molecular complexity index is 957. The van der Waals surface area contributed by atoms with Crippen LogP contribution in [-0.4, -0.2) is 51.9 Å². The summed E-state index contributed by atoms with van der Waals surface area (Å²) in [6, 6.07) is 12.4. The van der Waals surface area contributed by atoms with E-state index in [0.717, 1.165) is 30.7 Å². The van der Waals surface area contributed by atoms with E-state index in [0.29, 0.717) is 18.1 Å². The fraction of sp³-hybridized carbons (Fsp3) is 0.278. The van der Waals surface area contributed by atoms with Crippen molar-refractivity contribution in [3.8, 4) is 0 Å². The number of anilines is 3. The number of hydrogen-bond donors (Lipinski definition) is 2. The molecule has 27 heavy (non-hydrogen) atoms. The normalized spacial score (nSPS) is 14.9. The monoisotopic (exact) mass is 409 g/mol. The molecule has 1 heterocycles. The highest BCUT2D eigenvalue weighted by Crippen LogP contribution is 2.27. The Kier molecular flexibility index (Phi) is 5.48. The summed E-state index contributed by atoms with van der Waals surface area (Å²) < 4.78 is 25.1. The molecule has 0 spiro atoms. The second-order valence-corrected chi connectivity index (χ2v) is 8.55. The van der Waals surface area contributed by atoms with Crippen LogP contribution < -0.4 is 14.5 Å². The Morgan fingerprint density at radius 2 is 1.63 bits per heavy atom. The van der Waals surface area contributed by atoms with Crippen molar-refractivity contribution in [2.45, 2.75) is 0 Å². The van der Waals surface area contributed by atoms with Gasteiger partial charge in [-0.05, 0) is 36.4 Å². The van der Waals surface area contributed by atoms with Crippen molar-refractivity contribution in [2.24, 2.45) is 0 Å². The fourth-order valence-electron chi connectivity index (χ4n) is 3.09. The molecule has 3 rings (SSSR count). The molecule has 2 N–H and O–H groups in total. The Labute approximate surface area is 163 Å². The first-order valence-electron chi connectivity index (χ1n) is 8.33. The summed E-state index contributed by atoms with van der Waals surface area (Å²) in [5.41, 5.74) is 1.79. The molecule has 0 aromatic heterocycles. The zero-order chi connectivity index (χ0) is 19.6. The minimum absolute atomic E-state index is 0.0614. The van der Waals surface area contributed by atoms with Gasteiger partial charge in [-0.2, -0.15) is 0 Å². The number of nitrogens with zero attached hydrogens (tertiary/aromatic N) is 2. The molecule has 2 aromatic rings. The number of piperazine rings is 1. The number of nitrogens with one attached hydrogen (secondary N) is 1. The maximum absolute atomic E-state index is 11.5. The third-order valence-electron chi connectivity index (χ3n) is 4.35. The van der Waals surface area contributed by atoms with E-state index in [1.165, 1.54) is 12.1 Å². The number of aromatic carboxylic acids is 1. The minimum Gasteiger partial charge on any atom is -0.478 e. The van der Waals surface area contributed by atoms with Crippen molar-refractivity contribution in [1.29, 1.82) is 0 Å². The quantitative estimate of drug-likeness (QED) is 0.789. The van der Waals surface area contributed by atoms with Gasteiger partial charge in [-0.15, -0.1) is 0 Å². The fourth-order valence-corrected chi connectivity index (χ4v) is 3.85. The van der Waals surface area contributed by atoms with Gasteiger partial charge < -0.3 is 14.9 Å². The molecule has 0 atom stereocenters. The standard InChI is InChI=1S/C18H20ClN3O4S/c1-27(25,26)20-17-6-5-15(12-16(17)18(23)24)22-9-7-21(8-10-22)14-4-2-3-13(19)11-14/h2-6,11-12,20H,7-10H2,1H3,(H,23,24). The molecule has 2 aromatic carbocycles. The number of carboxylic acid groups (broad SMARTS) is 1. The van der Waals surface area contributed by atoms with Gasteiger partial charge in [0.15, 0.2) is 0 Å². The third-order valence-corrected chi connectivity index (χ3v) is 5.17. The number of sulfonamides is 1. The van der Waals surface area contributed by atoms with Crippen LogP contribution in [-0.2, 0) is 10.0 Å². The van der Waals surface area contributed by atoms with E-state index >= 15 is 0 Å². The summed E-state index contributed by atoms with van der Waals surface area (Å²) >= 11 is 6.05. The van der Waals surface area contributed by atoms with Crippen LogP contribution in [0.3, 0.4) is 0 Å². The van der Waals surface area contributed by atoms with Crippen molar-refractivity contribution < 1.29 is 18.3 Å². The lowest BCUT2D eigenvalue weighted by molar-refractivity contribution is 0.0698. The van der Waals surface area contributed by atoms with Crippen LogP contribution >= 0.6 is 11.6 Å². The Morgan fingerprint density at radius 3 is 2.15 bits per heavy atom. The van der Waals surface area contributed by atoms with Gasteiger partial charge in [0.25, 0.3) is 0 Å². The molecule has 0 aliphatic carbocycles. The average molecular weight is 410 g/mol. The lowest BCUT2D eigenvalue weighted by Crippen LogP contribution is -2.46. The molecule has 144 valence electrons. The third kappa shape index (κ3) is 4.84. The van der Waals surface area contributed by atoms with Crippen LogP contribution in [0.2, 0.25) is 5.02 Å². The van der Waals surface area contributed by atoms with Gasteiger partial charge in [0.1, 0.15) is 0 Å². The van der Waals surface area contributed by atoms with Crippen LogP contribution in [0.1, 0.15) is 10.4 Å². The number of hydrogen-bond acceptors (Lipinski definition) is 5. The summed E-state index contributed by atoms with van der Waals surface area (Å²) in [4.78, 5) is 15.8. The van der Waals surface area contributed by atoms with E-state index in [1.807, 2.05) is 24.3 Å². The summed E-state index contributed by atoms with van der Waals surface area (Å²) in [5.74, 6) is -1.18. The van der Waals surface area contributed by atoms with Gasteiger partial charge in [-0.1, -0.05) is 17.7 Å². The van der Waals surface area contributed by atoms with Crippen LogP contribution in [0.5, 0.6) is 0 Å². The zero-order valence-electron chi connectivity index (χ0n) is 14.7. The molecule has 0 bridgehead atoms. The van der Waals surface area contributed by atoms with Gasteiger partial charge >= 0.3 is 5.97 Å². The van der Waals surface area contributed by atoms with Crippen molar-refractivity contribution in [2.75, 3.05) is 47.0 Å². The molecule has 0 amide bonds. The SMILES string of the molecule is CS(=O)(=O)Nc1ccc(N2CCN(c3cccc(Cl)c3)CC2)cc1C(=O)O. The first-order chi connectivity index (χ1) is 12.7. The number of rotatable bonds is 5. The van der Waals surface area contributed by atoms with Crippen LogP contribution in [0, 0.1) is 0 Å². The predicted octanol–water partition coefficient (Wildman–Crippen LogP) is 2.74. The smallest absolute Gasteiger partial charge is 0.337 e. The molecule has 0 unspecified atom stereocenters. The van der Waals surface area contributed by atoms with Crippen molar-refractivity contribution >= 4 is 44.7 Å². The molecule has 1 saturated heterocycles. The lowest BCUT2D eigenvalue weighted by Gasteiger charge is -2.37. The van der Waals surface area contributed by atoms with E-state index in [9.17, 15) is 18.3 Å². The molecule has 0 radical (unpaired) electrons. The Morgan fingerprint density at radius 1 is 1.04 bits per heavy atom. The van der Waals surface area contributed by atoms with Gasteiger partial charge in [0.2, 0.25) is 10.0 Å². The molecule has 0 saturated carbocycles. The van der Waals surface area contributed by atoms with E-state index in [1.54, 1.807) is 6.07 Å². The van der Waals surface area contributed by atoms with Gasteiger partial charge in [-0.25, -0.2) is 13.2 Å². The molecular formula is C18H20ClN3O4S. The molecule has 1 aliphatic heterocycles. The van der Waals surface area contributed by atoms with Gasteiger partial charge in [0.05, 0.1) is 17.5 Å². The number of carboxylic acids is 1. The highest BCUT2D eigenvalue weighted by atomic mass is 35.5. The number of halogens is 1. The van der Waals surface area contributed by atoms with Crippen molar-refractivity contribution in [3.05, 3.63) is 53.1 Å². The molecule has 1 fully saturated rings. The van der Waals surface area contributed by atoms with E-state index < -0.39 is 16.0 Å².